The van der Waals surface area contributed by atoms with Crippen LogP contribution in [0.3, 0.4) is 0 Å². The molecule has 0 amide bonds. The number of hydrogen-bond donors (Lipinski definition) is 1. The summed E-state index contributed by atoms with van der Waals surface area (Å²) in [6.07, 6.45) is 1.64. The Morgan fingerprint density at radius 3 is 3.15 bits per heavy atom. The molecule has 13 heavy (non-hydrogen) atoms. The van der Waals surface area contributed by atoms with Gasteiger partial charge in [-0.3, -0.25) is 0 Å². The van der Waals surface area contributed by atoms with Gasteiger partial charge in [0.2, 0.25) is 0 Å². The van der Waals surface area contributed by atoms with E-state index in [0.29, 0.717) is 11.0 Å². The van der Waals surface area contributed by atoms with E-state index in [1.165, 1.54) is 11.3 Å². The molecule has 0 fully saturated rings. The van der Waals surface area contributed by atoms with Gasteiger partial charge < -0.3 is 9.73 Å². The first-order valence-corrected chi connectivity index (χ1v) is 4.97. The van der Waals surface area contributed by atoms with Crippen LogP contribution in [0.1, 0.15) is 5.76 Å². The van der Waals surface area contributed by atoms with Crippen molar-refractivity contribution in [3.05, 3.63) is 34.0 Å². The van der Waals surface area contributed by atoms with E-state index in [0.717, 1.165) is 11.6 Å². The Morgan fingerprint density at radius 2 is 2.54 bits per heavy atom. The van der Waals surface area contributed by atoms with Gasteiger partial charge in [-0.25, -0.2) is 4.98 Å². The molecule has 2 heterocycles. The van der Waals surface area contributed by atoms with Crippen LogP contribution < -0.4 is 5.32 Å². The highest BCUT2D eigenvalue weighted by Crippen LogP contribution is 2.19. The number of rotatable bonds is 3. The molecule has 1 N–H and O–H groups in total. The molecule has 5 heteroatoms. The van der Waals surface area contributed by atoms with Gasteiger partial charge in [0, 0.05) is 5.38 Å². The summed E-state index contributed by atoms with van der Waals surface area (Å²) in [5.41, 5.74) is 0. The summed E-state index contributed by atoms with van der Waals surface area (Å²) in [5, 5.41) is 4.96. The van der Waals surface area contributed by atoms with Gasteiger partial charge in [-0.15, -0.1) is 11.3 Å². The van der Waals surface area contributed by atoms with Crippen LogP contribution in [0, 0.1) is 0 Å². The van der Waals surface area contributed by atoms with Crippen molar-refractivity contribution in [2.24, 2.45) is 0 Å². The van der Waals surface area contributed by atoms with Crippen molar-refractivity contribution in [2.45, 2.75) is 6.54 Å². The second-order valence-corrected chi connectivity index (χ2v) is 3.86. The first-order chi connectivity index (χ1) is 6.34. The second kappa shape index (κ2) is 3.81. The van der Waals surface area contributed by atoms with Gasteiger partial charge in [-0.2, -0.15) is 0 Å². The van der Waals surface area contributed by atoms with Gasteiger partial charge in [0.1, 0.15) is 11.6 Å². The van der Waals surface area contributed by atoms with Gasteiger partial charge in [-0.1, -0.05) is 11.6 Å². The summed E-state index contributed by atoms with van der Waals surface area (Å²) in [4.78, 5) is 4.04. The van der Waals surface area contributed by atoms with Crippen LogP contribution in [0.5, 0.6) is 0 Å². The fourth-order valence-corrected chi connectivity index (χ4v) is 1.64. The maximum Gasteiger partial charge on any atom is 0.185 e. The smallest absolute Gasteiger partial charge is 0.185 e. The van der Waals surface area contributed by atoms with Crippen molar-refractivity contribution in [1.82, 2.24) is 4.98 Å². The van der Waals surface area contributed by atoms with Crippen molar-refractivity contribution < 1.29 is 4.42 Å². The molecular weight excluding hydrogens is 208 g/mol. The maximum atomic E-state index is 5.67. The minimum absolute atomic E-state index is 0.543. The number of nitrogens with zero attached hydrogens (tertiary/aromatic N) is 1. The highest BCUT2D eigenvalue weighted by atomic mass is 35.5. The van der Waals surface area contributed by atoms with Gasteiger partial charge in [0.15, 0.2) is 4.47 Å². The molecule has 0 aliphatic rings. The highest BCUT2D eigenvalue weighted by Gasteiger charge is 1.99. The van der Waals surface area contributed by atoms with Crippen LogP contribution in [-0.2, 0) is 6.54 Å². The van der Waals surface area contributed by atoms with Crippen LogP contribution in [0.15, 0.2) is 28.2 Å². The Kier molecular flexibility index (Phi) is 2.52. The Balaban J connectivity index is 1.93. The Labute approximate surface area is 84.4 Å². The minimum Gasteiger partial charge on any atom is -0.467 e. The third-order valence-corrected chi connectivity index (χ3v) is 2.48. The van der Waals surface area contributed by atoms with Crippen LogP contribution in [0.25, 0.3) is 0 Å². The van der Waals surface area contributed by atoms with E-state index >= 15 is 0 Å². The summed E-state index contributed by atoms with van der Waals surface area (Å²) in [5.74, 6) is 1.66. The molecule has 0 aliphatic heterocycles. The third kappa shape index (κ3) is 2.23. The Hall–Kier alpha value is -1.00. The summed E-state index contributed by atoms with van der Waals surface area (Å²) in [6.45, 7) is 0.632. The number of hydrogen-bond acceptors (Lipinski definition) is 4. The molecule has 0 spiro atoms. The normalized spacial score (nSPS) is 10.2. The van der Waals surface area contributed by atoms with Gasteiger partial charge in [0.05, 0.1) is 12.8 Å². The molecule has 0 aromatic carbocycles. The zero-order valence-electron chi connectivity index (χ0n) is 6.66. The van der Waals surface area contributed by atoms with Crippen molar-refractivity contribution in [3.8, 4) is 0 Å². The predicted octanol–water partition coefficient (Wildman–Crippen LogP) is 3.00. The van der Waals surface area contributed by atoms with E-state index in [9.17, 15) is 0 Å². The second-order valence-electron chi connectivity index (χ2n) is 2.42. The summed E-state index contributed by atoms with van der Waals surface area (Å²) >= 11 is 7.07. The molecule has 0 radical (unpaired) electrons. The lowest BCUT2D eigenvalue weighted by atomic mass is 10.4. The number of thiazole rings is 1. The van der Waals surface area contributed by atoms with Crippen LogP contribution >= 0.6 is 22.9 Å². The molecule has 0 saturated heterocycles. The topological polar surface area (TPSA) is 38.1 Å². The highest BCUT2D eigenvalue weighted by molar-refractivity contribution is 7.14. The van der Waals surface area contributed by atoms with Crippen molar-refractivity contribution in [1.29, 1.82) is 0 Å². The molecule has 0 aliphatic carbocycles. The first-order valence-electron chi connectivity index (χ1n) is 3.72. The molecule has 2 aromatic rings. The molecule has 68 valence electrons. The molecule has 0 bridgehead atoms. The van der Waals surface area contributed by atoms with Gasteiger partial charge in [0.25, 0.3) is 0 Å². The third-order valence-electron chi connectivity index (χ3n) is 1.50. The minimum atomic E-state index is 0.543. The number of aromatic nitrogens is 1. The Bertz CT molecular complexity index is 371. The maximum absolute atomic E-state index is 5.67. The molecule has 3 nitrogen and oxygen atoms in total. The predicted molar refractivity (Wildman–Crippen MR) is 53.2 cm³/mol. The van der Waals surface area contributed by atoms with Crippen LogP contribution in [0.2, 0.25) is 4.47 Å². The monoisotopic (exact) mass is 214 g/mol. The fourth-order valence-electron chi connectivity index (χ4n) is 0.924. The van der Waals surface area contributed by atoms with E-state index in [4.69, 9.17) is 16.0 Å². The average molecular weight is 215 g/mol. The summed E-state index contributed by atoms with van der Waals surface area (Å²) in [6, 6.07) is 3.76. The van der Waals surface area contributed by atoms with Crippen LogP contribution in [-0.4, -0.2) is 4.98 Å². The molecule has 2 aromatic heterocycles. The van der Waals surface area contributed by atoms with E-state index < -0.39 is 0 Å². The molecule has 0 unspecified atom stereocenters. The Morgan fingerprint density at radius 1 is 1.62 bits per heavy atom. The average Bonchev–Trinajstić information content (AvgIpc) is 2.71. The first kappa shape index (κ1) is 8.59. The van der Waals surface area contributed by atoms with E-state index in [-0.39, 0.29) is 0 Å². The van der Waals surface area contributed by atoms with Gasteiger partial charge in [-0.05, 0) is 12.1 Å². The van der Waals surface area contributed by atoms with E-state index in [2.05, 4.69) is 10.3 Å². The number of halogens is 1. The molecule has 0 atom stereocenters. The zero-order chi connectivity index (χ0) is 9.10. The number of anilines is 1. The van der Waals surface area contributed by atoms with Gasteiger partial charge >= 0.3 is 0 Å². The summed E-state index contributed by atoms with van der Waals surface area (Å²) in [7, 11) is 0. The van der Waals surface area contributed by atoms with E-state index in [1.54, 1.807) is 6.26 Å². The number of furan rings is 1. The zero-order valence-corrected chi connectivity index (χ0v) is 8.23. The fraction of sp³-hybridized carbons (Fsp3) is 0.125. The largest absolute Gasteiger partial charge is 0.467 e. The molecular formula is C8H7ClN2OS. The van der Waals surface area contributed by atoms with E-state index in [1.807, 2.05) is 17.5 Å². The van der Waals surface area contributed by atoms with Crippen molar-refractivity contribution in [2.75, 3.05) is 5.32 Å². The quantitative estimate of drug-likeness (QED) is 0.854. The lowest BCUT2D eigenvalue weighted by Gasteiger charge is -1.97. The van der Waals surface area contributed by atoms with Crippen LogP contribution in [0.4, 0.5) is 5.82 Å². The summed E-state index contributed by atoms with van der Waals surface area (Å²) < 4.78 is 5.69. The lowest BCUT2D eigenvalue weighted by molar-refractivity contribution is 0.518. The lowest BCUT2D eigenvalue weighted by Crippen LogP contribution is -1.97. The molecule has 0 saturated carbocycles. The molecule has 2 rings (SSSR count). The SMILES string of the molecule is Clc1nc(NCc2ccco2)cs1. The number of nitrogens with one attached hydrogen (secondary N) is 1. The van der Waals surface area contributed by atoms with Crippen molar-refractivity contribution >= 4 is 28.8 Å². The van der Waals surface area contributed by atoms with Crippen molar-refractivity contribution in [3.63, 3.8) is 0 Å². The standard InChI is InChI=1S/C8H7ClN2OS/c9-8-11-7(5-13-8)10-4-6-2-1-3-12-6/h1-3,5,10H,4H2.